The number of ether oxygens (including phenoxy) is 1. The van der Waals surface area contributed by atoms with Crippen LogP contribution in [0.5, 0.6) is 5.75 Å². The number of benzene rings is 1. The summed E-state index contributed by atoms with van der Waals surface area (Å²) in [6.45, 7) is 9.21. The first-order valence-electron chi connectivity index (χ1n) is 12.0. The van der Waals surface area contributed by atoms with E-state index in [9.17, 15) is 0 Å². The van der Waals surface area contributed by atoms with E-state index >= 15 is 0 Å². The molecule has 1 unspecified atom stereocenters. The molecule has 9 heteroatoms. The van der Waals surface area contributed by atoms with Crippen LogP contribution in [0.25, 0.3) is 11.0 Å². The number of nitrogens with one attached hydrogen (secondary N) is 2. The second-order valence-electron chi connectivity index (χ2n) is 9.27. The molecule has 9 nitrogen and oxygen atoms in total. The summed E-state index contributed by atoms with van der Waals surface area (Å²) in [6.07, 6.45) is 3.91. The van der Waals surface area contributed by atoms with Gasteiger partial charge in [0.1, 0.15) is 16.8 Å². The maximum Gasteiger partial charge on any atom is 0.222 e. The average Bonchev–Trinajstić information content (AvgIpc) is 3.50. The normalized spacial score (nSPS) is 20.4. The van der Waals surface area contributed by atoms with Crippen LogP contribution in [0.1, 0.15) is 30.9 Å². The number of likely N-dealkylation sites (tertiary alicyclic amines) is 1. The van der Waals surface area contributed by atoms with Gasteiger partial charge in [0.15, 0.2) is 5.82 Å². The Labute approximate surface area is 194 Å². The van der Waals surface area contributed by atoms with Gasteiger partial charge in [-0.3, -0.25) is 9.58 Å². The first kappa shape index (κ1) is 21.9. The van der Waals surface area contributed by atoms with Crippen LogP contribution in [0.15, 0.2) is 24.4 Å². The van der Waals surface area contributed by atoms with Gasteiger partial charge in [-0.05, 0) is 43.0 Å². The molecule has 2 aromatic heterocycles. The molecule has 2 atom stereocenters. The zero-order valence-electron chi connectivity index (χ0n) is 19.5. The first-order chi connectivity index (χ1) is 16.1. The number of hydrogen-bond donors (Lipinski definition) is 3. The summed E-state index contributed by atoms with van der Waals surface area (Å²) >= 11 is 0. The average molecular weight is 451 g/mol. The molecule has 4 heterocycles. The maximum atomic E-state index is 5.92. The number of methoxy groups -OCH3 is 1. The van der Waals surface area contributed by atoms with E-state index in [4.69, 9.17) is 10.5 Å². The van der Waals surface area contributed by atoms with Crippen molar-refractivity contribution < 1.29 is 4.74 Å². The smallest absolute Gasteiger partial charge is 0.222 e. The molecule has 0 radical (unpaired) electrons. The number of nitrogens with zero attached hydrogens (tertiary/aromatic N) is 5. The van der Waals surface area contributed by atoms with E-state index in [1.54, 1.807) is 13.3 Å². The van der Waals surface area contributed by atoms with Crippen LogP contribution >= 0.6 is 0 Å². The van der Waals surface area contributed by atoms with Gasteiger partial charge < -0.3 is 21.1 Å². The van der Waals surface area contributed by atoms with Crippen molar-refractivity contribution in [2.75, 3.05) is 50.9 Å². The van der Waals surface area contributed by atoms with Crippen LogP contribution < -0.4 is 21.1 Å². The Bertz CT molecular complexity index is 1100. The highest BCUT2D eigenvalue weighted by atomic mass is 16.5. The molecule has 5 rings (SSSR count). The monoisotopic (exact) mass is 450 g/mol. The van der Waals surface area contributed by atoms with Crippen molar-refractivity contribution in [3.05, 3.63) is 35.5 Å². The molecule has 2 aliphatic heterocycles. The first-order valence-corrected chi connectivity index (χ1v) is 12.0. The Morgan fingerprint density at radius 3 is 2.76 bits per heavy atom. The summed E-state index contributed by atoms with van der Waals surface area (Å²) in [7, 11) is 1.73. The lowest BCUT2D eigenvalue weighted by atomic mass is 10.0. The molecule has 33 heavy (non-hydrogen) atoms. The highest BCUT2D eigenvalue weighted by molar-refractivity contribution is 5.86. The number of nitrogens with two attached hydrogens (primary N) is 1. The molecular weight excluding hydrogens is 416 g/mol. The minimum atomic E-state index is 0.254. The van der Waals surface area contributed by atoms with Crippen LogP contribution in [0.3, 0.4) is 0 Å². The summed E-state index contributed by atoms with van der Waals surface area (Å²) in [6, 6.07) is 6.54. The lowest BCUT2D eigenvalue weighted by Gasteiger charge is -2.18. The Morgan fingerprint density at radius 1 is 1.18 bits per heavy atom. The van der Waals surface area contributed by atoms with Crippen LogP contribution in [0, 0.1) is 11.8 Å². The number of rotatable bonds is 9. The SMILES string of the molecule is CCCCNc1nc(N)nc2cnn(Cc3ccc(CN4CC5CNC[C@@H]5C4)cc3OC)c12. The fourth-order valence-electron chi connectivity index (χ4n) is 5.16. The fourth-order valence-corrected chi connectivity index (χ4v) is 5.16. The predicted octanol–water partition coefficient (Wildman–Crippen LogP) is 2.33. The molecule has 1 aromatic carbocycles. The standard InChI is InChI=1S/C24H34N8O/c1-3-4-7-27-23-22-20(29-24(25)30-23)11-28-32(22)15-17-6-5-16(8-21(17)33-2)12-31-13-18-9-26-10-19(18)14-31/h5-6,8,11,18-19,26H,3-4,7,9-10,12-15H2,1-2H3,(H3,25,27,29,30)/t18-,19?/m1/s1. The molecule has 3 aromatic rings. The number of anilines is 2. The minimum Gasteiger partial charge on any atom is -0.496 e. The van der Waals surface area contributed by atoms with Crippen LogP contribution in [-0.2, 0) is 13.1 Å². The number of hydrogen-bond acceptors (Lipinski definition) is 8. The Balaban J connectivity index is 1.35. The zero-order valence-corrected chi connectivity index (χ0v) is 19.5. The van der Waals surface area contributed by atoms with E-state index in [-0.39, 0.29) is 5.95 Å². The van der Waals surface area contributed by atoms with Crippen LogP contribution in [0.4, 0.5) is 11.8 Å². The molecule has 0 bridgehead atoms. The molecule has 176 valence electrons. The molecule has 2 fully saturated rings. The highest BCUT2D eigenvalue weighted by Gasteiger charge is 2.35. The number of fused-ring (bicyclic) bond motifs is 2. The van der Waals surface area contributed by atoms with Crippen LogP contribution in [-0.4, -0.2) is 64.5 Å². The van der Waals surface area contributed by atoms with Gasteiger partial charge in [-0.2, -0.15) is 10.1 Å². The molecular formula is C24H34N8O. The van der Waals surface area contributed by atoms with Crippen molar-refractivity contribution in [2.24, 2.45) is 11.8 Å². The summed E-state index contributed by atoms with van der Waals surface area (Å²) in [5, 5.41) is 11.5. The molecule has 4 N–H and O–H groups in total. The molecule has 0 spiro atoms. The van der Waals surface area contributed by atoms with Crippen molar-refractivity contribution in [1.29, 1.82) is 0 Å². The second-order valence-corrected chi connectivity index (χ2v) is 9.27. The maximum absolute atomic E-state index is 5.92. The summed E-state index contributed by atoms with van der Waals surface area (Å²) in [5.41, 5.74) is 9.89. The van der Waals surface area contributed by atoms with E-state index < -0.39 is 0 Å². The Kier molecular flexibility index (Phi) is 6.32. The third-order valence-electron chi connectivity index (χ3n) is 6.87. The second kappa shape index (κ2) is 9.52. The predicted molar refractivity (Wildman–Crippen MR) is 130 cm³/mol. The van der Waals surface area contributed by atoms with Gasteiger partial charge in [-0.25, -0.2) is 4.98 Å². The molecule has 2 saturated heterocycles. The van der Waals surface area contributed by atoms with Gasteiger partial charge in [0, 0.05) is 31.7 Å². The largest absolute Gasteiger partial charge is 0.496 e. The molecule has 0 saturated carbocycles. The molecule has 0 amide bonds. The number of unbranched alkanes of at least 4 members (excludes halogenated alkanes) is 1. The van der Waals surface area contributed by atoms with Crippen molar-refractivity contribution in [3.63, 3.8) is 0 Å². The van der Waals surface area contributed by atoms with E-state index in [1.165, 1.54) is 18.7 Å². The van der Waals surface area contributed by atoms with E-state index in [2.05, 4.69) is 55.7 Å². The van der Waals surface area contributed by atoms with E-state index in [0.29, 0.717) is 6.54 Å². The fraction of sp³-hybridized carbons (Fsp3) is 0.542. The lowest BCUT2D eigenvalue weighted by Crippen LogP contribution is -2.25. The van der Waals surface area contributed by atoms with Gasteiger partial charge in [0.25, 0.3) is 0 Å². The van der Waals surface area contributed by atoms with Crippen LogP contribution in [0.2, 0.25) is 0 Å². The van der Waals surface area contributed by atoms with Gasteiger partial charge in [-0.15, -0.1) is 0 Å². The van der Waals surface area contributed by atoms with Crippen molar-refractivity contribution >= 4 is 22.8 Å². The zero-order chi connectivity index (χ0) is 22.8. The molecule has 0 aliphatic carbocycles. The van der Waals surface area contributed by atoms with E-state index in [0.717, 1.165) is 79.0 Å². The van der Waals surface area contributed by atoms with Gasteiger partial charge in [-0.1, -0.05) is 25.5 Å². The van der Waals surface area contributed by atoms with Gasteiger partial charge in [0.05, 0.1) is 19.9 Å². The minimum absolute atomic E-state index is 0.254. The quantitative estimate of drug-likeness (QED) is 0.427. The Morgan fingerprint density at radius 2 is 2.00 bits per heavy atom. The Hall–Kier alpha value is -2.91. The third kappa shape index (κ3) is 4.60. The number of nitrogen functional groups attached to an aromatic ring is 1. The summed E-state index contributed by atoms with van der Waals surface area (Å²) in [5.74, 6) is 3.47. The summed E-state index contributed by atoms with van der Waals surface area (Å²) < 4.78 is 7.70. The topological polar surface area (TPSA) is 106 Å². The van der Waals surface area contributed by atoms with Crippen molar-refractivity contribution in [3.8, 4) is 5.75 Å². The van der Waals surface area contributed by atoms with Crippen molar-refractivity contribution in [1.82, 2.24) is 30.0 Å². The molecule has 2 aliphatic rings. The van der Waals surface area contributed by atoms with E-state index in [1.807, 2.05) is 4.68 Å². The highest BCUT2D eigenvalue weighted by Crippen LogP contribution is 2.30. The summed E-state index contributed by atoms with van der Waals surface area (Å²) in [4.78, 5) is 11.4. The van der Waals surface area contributed by atoms with Gasteiger partial charge in [0.2, 0.25) is 5.95 Å². The van der Waals surface area contributed by atoms with Gasteiger partial charge >= 0.3 is 0 Å². The third-order valence-corrected chi connectivity index (χ3v) is 6.87. The van der Waals surface area contributed by atoms with Crippen molar-refractivity contribution in [2.45, 2.75) is 32.9 Å². The lowest BCUT2D eigenvalue weighted by molar-refractivity contribution is 0.305. The number of aromatic nitrogens is 4.